The summed E-state index contributed by atoms with van der Waals surface area (Å²) in [7, 11) is 1.49. The van der Waals surface area contributed by atoms with Crippen molar-refractivity contribution in [2.45, 2.75) is 13.5 Å². The number of rotatable bonds is 7. The van der Waals surface area contributed by atoms with Gasteiger partial charge in [-0.1, -0.05) is 41.4 Å². The van der Waals surface area contributed by atoms with Crippen LogP contribution in [0, 0.1) is 12.7 Å². The van der Waals surface area contributed by atoms with Crippen LogP contribution < -0.4 is 14.9 Å². The third-order valence-electron chi connectivity index (χ3n) is 4.36. The molecule has 0 aliphatic heterocycles. The summed E-state index contributed by atoms with van der Waals surface area (Å²) in [6.07, 6.45) is 1.44. The van der Waals surface area contributed by atoms with E-state index >= 15 is 0 Å². The standard InChI is InChI=1S/C23H19Cl2FN2O3/c1-14-3-6-17(11-19(14)24)23(29)28-27-12-16-9-20(25)22(21(10-16)30-2)31-13-15-4-7-18(26)8-5-15/h3-12H,13H2,1-2H3,(H,28,29)/b27-12-. The summed E-state index contributed by atoms with van der Waals surface area (Å²) in [5.74, 6) is 0.0349. The fraction of sp³-hybridized carbons (Fsp3) is 0.130. The van der Waals surface area contributed by atoms with E-state index in [-0.39, 0.29) is 12.4 Å². The second-order valence-corrected chi connectivity index (χ2v) is 7.43. The van der Waals surface area contributed by atoms with Crippen LogP contribution in [-0.2, 0) is 6.61 Å². The van der Waals surface area contributed by atoms with E-state index in [4.69, 9.17) is 32.7 Å². The third-order valence-corrected chi connectivity index (χ3v) is 5.05. The summed E-state index contributed by atoms with van der Waals surface area (Å²) in [5.41, 5.74) is 5.10. The summed E-state index contributed by atoms with van der Waals surface area (Å²) in [6.45, 7) is 2.05. The Morgan fingerprint density at radius 2 is 1.84 bits per heavy atom. The third kappa shape index (κ3) is 5.96. The average Bonchev–Trinajstić information content (AvgIpc) is 2.75. The number of nitrogens with one attached hydrogen (secondary N) is 1. The Bertz CT molecular complexity index is 1120. The molecule has 0 saturated heterocycles. The molecule has 8 heteroatoms. The first-order valence-electron chi connectivity index (χ1n) is 9.21. The van der Waals surface area contributed by atoms with Crippen LogP contribution in [0.2, 0.25) is 10.0 Å². The van der Waals surface area contributed by atoms with Crippen molar-refractivity contribution in [1.82, 2.24) is 5.43 Å². The molecule has 0 unspecified atom stereocenters. The largest absolute Gasteiger partial charge is 0.493 e. The minimum Gasteiger partial charge on any atom is -0.493 e. The van der Waals surface area contributed by atoms with Crippen LogP contribution in [0.5, 0.6) is 11.5 Å². The first-order chi connectivity index (χ1) is 14.9. The molecule has 160 valence electrons. The Morgan fingerprint density at radius 1 is 1.10 bits per heavy atom. The molecule has 3 rings (SSSR count). The van der Waals surface area contributed by atoms with Crippen molar-refractivity contribution in [2.24, 2.45) is 5.10 Å². The van der Waals surface area contributed by atoms with Crippen LogP contribution in [0.4, 0.5) is 4.39 Å². The van der Waals surface area contributed by atoms with E-state index < -0.39 is 5.91 Å². The van der Waals surface area contributed by atoms with Crippen LogP contribution in [0.3, 0.4) is 0 Å². The number of hydrogen-bond acceptors (Lipinski definition) is 4. The summed E-state index contributed by atoms with van der Waals surface area (Å²) >= 11 is 12.4. The predicted molar refractivity (Wildman–Crippen MR) is 120 cm³/mol. The Hall–Kier alpha value is -3.09. The molecule has 0 bridgehead atoms. The molecule has 0 spiro atoms. The Morgan fingerprint density at radius 3 is 2.52 bits per heavy atom. The maximum atomic E-state index is 13.0. The van der Waals surface area contributed by atoms with Gasteiger partial charge in [0.15, 0.2) is 11.5 Å². The van der Waals surface area contributed by atoms with Gasteiger partial charge in [-0.3, -0.25) is 4.79 Å². The molecule has 3 aromatic carbocycles. The number of ether oxygens (including phenoxy) is 2. The first-order valence-corrected chi connectivity index (χ1v) is 9.97. The van der Waals surface area contributed by atoms with Gasteiger partial charge in [0.1, 0.15) is 12.4 Å². The first kappa shape index (κ1) is 22.6. The SMILES string of the molecule is COc1cc(/C=N\NC(=O)c2ccc(C)c(Cl)c2)cc(Cl)c1OCc1ccc(F)cc1. The van der Waals surface area contributed by atoms with Crippen molar-refractivity contribution in [3.05, 3.63) is 92.7 Å². The van der Waals surface area contributed by atoms with Crippen molar-refractivity contribution in [2.75, 3.05) is 7.11 Å². The fourth-order valence-corrected chi connectivity index (χ4v) is 3.11. The highest BCUT2D eigenvalue weighted by Crippen LogP contribution is 2.36. The van der Waals surface area contributed by atoms with Crippen molar-refractivity contribution in [1.29, 1.82) is 0 Å². The van der Waals surface area contributed by atoms with Crippen molar-refractivity contribution < 1.29 is 18.7 Å². The lowest BCUT2D eigenvalue weighted by molar-refractivity contribution is 0.0955. The minimum absolute atomic E-state index is 0.193. The second kappa shape index (κ2) is 10.3. The number of carbonyl (C=O) groups is 1. The zero-order valence-electron chi connectivity index (χ0n) is 16.8. The topological polar surface area (TPSA) is 59.9 Å². The smallest absolute Gasteiger partial charge is 0.271 e. The zero-order chi connectivity index (χ0) is 22.4. The molecule has 3 aromatic rings. The average molecular weight is 461 g/mol. The highest BCUT2D eigenvalue weighted by Gasteiger charge is 2.12. The van der Waals surface area contributed by atoms with Crippen LogP contribution >= 0.6 is 23.2 Å². The Balaban J connectivity index is 1.69. The molecular formula is C23H19Cl2FN2O3. The van der Waals surface area contributed by atoms with Gasteiger partial charge in [-0.05, 0) is 60.0 Å². The van der Waals surface area contributed by atoms with E-state index in [0.29, 0.717) is 32.7 Å². The Labute approximate surface area is 189 Å². The minimum atomic E-state index is -0.393. The molecule has 0 saturated carbocycles. The highest BCUT2D eigenvalue weighted by atomic mass is 35.5. The number of aryl methyl sites for hydroxylation is 1. The highest BCUT2D eigenvalue weighted by molar-refractivity contribution is 6.32. The number of hydrazone groups is 1. The second-order valence-electron chi connectivity index (χ2n) is 6.61. The van der Waals surface area contributed by atoms with Gasteiger partial charge in [0.05, 0.1) is 18.3 Å². The molecule has 1 N–H and O–H groups in total. The molecule has 1 amide bonds. The number of amides is 1. The number of methoxy groups -OCH3 is 1. The van der Waals surface area contributed by atoms with Gasteiger partial charge in [0.25, 0.3) is 5.91 Å². The predicted octanol–water partition coefficient (Wildman–Crippen LogP) is 5.79. The molecule has 0 fully saturated rings. The van der Waals surface area contributed by atoms with Gasteiger partial charge in [-0.2, -0.15) is 5.10 Å². The number of hydrogen-bond donors (Lipinski definition) is 1. The van der Waals surface area contributed by atoms with Crippen LogP contribution in [0.1, 0.15) is 27.0 Å². The number of carbonyl (C=O) groups excluding carboxylic acids is 1. The maximum Gasteiger partial charge on any atom is 0.271 e. The van der Waals surface area contributed by atoms with Crippen molar-refractivity contribution in [3.63, 3.8) is 0 Å². The van der Waals surface area contributed by atoms with Gasteiger partial charge < -0.3 is 9.47 Å². The molecule has 0 aliphatic rings. The summed E-state index contributed by atoms with van der Waals surface area (Å²) < 4.78 is 24.1. The number of nitrogens with zero attached hydrogens (tertiary/aromatic N) is 1. The number of halogens is 3. The molecule has 0 aliphatic carbocycles. The van der Waals surface area contributed by atoms with Crippen molar-refractivity contribution >= 4 is 35.3 Å². The summed E-state index contributed by atoms with van der Waals surface area (Å²) in [4.78, 5) is 12.2. The van der Waals surface area contributed by atoms with E-state index in [1.807, 2.05) is 6.92 Å². The van der Waals surface area contributed by atoms with Crippen molar-refractivity contribution in [3.8, 4) is 11.5 Å². The van der Waals surface area contributed by atoms with Gasteiger partial charge in [0.2, 0.25) is 0 Å². The molecule has 5 nitrogen and oxygen atoms in total. The lowest BCUT2D eigenvalue weighted by atomic mass is 10.1. The number of benzene rings is 3. The molecule has 0 aromatic heterocycles. The quantitative estimate of drug-likeness (QED) is 0.358. The van der Waals surface area contributed by atoms with Crippen LogP contribution in [0.25, 0.3) is 0 Å². The van der Waals surface area contributed by atoms with Gasteiger partial charge >= 0.3 is 0 Å². The molecule has 0 radical (unpaired) electrons. The van der Waals surface area contributed by atoms with Gasteiger partial charge in [-0.25, -0.2) is 9.82 Å². The Kier molecular flexibility index (Phi) is 7.50. The molecular weight excluding hydrogens is 442 g/mol. The van der Waals surface area contributed by atoms with Gasteiger partial charge in [-0.15, -0.1) is 0 Å². The van der Waals surface area contributed by atoms with Crippen LogP contribution in [-0.4, -0.2) is 19.2 Å². The molecule has 31 heavy (non-hydrogen) atoms. The van der Waals surface area contributed by atoms with Crippen LogP contribution in [0.15, 0.2) is 59.7 Å². The van der Waals surface area contributed by atoms with Gasteiger partial charge in [0, 0.05) is 10.6 Å². The molecule has 0 heterocycles. The lowest BCUT2D eigenvalue weighted by Gasteiger charge is -2.13. The zero-order valence-corrected chi connectivity index (χ0v) is 18.3. The fourth-order valence-electron chi connectivity index (χ4n) is 2.65. The summed E-state index contributed by atoms with van der Waals surface area (Å²) in [5, 5.41) is 4.77. The normalized spacial score (nSPS) is 10.9. The summed E-state index contributed by atoms with van der Waals surface area (Å²) in [6, 6.07) is 14.3. The lowest BCUT2D eigenvalue weighted by Crippen LogP contribution is -2.17. The monoisotopic (exact) mass is 460 g/mol. The maximum absolute atomic E-state index is 13.0. The van der Waals surface area contributed by atoms with E-state index in [9.17, 15) is 9.18 Å². The van der Waals surface area contributed by atoms with E-state index in [0.717, 1.165) is 11.1 Å². The molecule has 0 atom stereocenters. The van der Waals surface area contributed by atoms with E-state index in [2.05, 4.69) is 10.5 Å². The van der Waals surface area contributed by atoms with E-state index in [1.165, 1.54) is 25.5 Å². The van der Waals surface area contributed by atoms with E-state index in [1.54, 1.807) is 42.5 Å².